The molecule has 0 atom stereocenters. The first-order valence-corrected chi connectivity index (χ1v) is 4.27. The van der Waals surface area contributed by atoms with Crippen LogP contribution in [0.4, 0.5) is 0 Å². The standard InChI is InChI=1S/C9H19NO2/c1-7(2)5-12-8(11)9(3,4)6-10/h7H,5-6,10H2,1-4H3. The molecule has 0 unspecified atom stereocenters. The lowest BCUT2D eigenvalue weighted by molar-refractivity contribution is -0.154. The minimum absolute atomic E-state index is 0.210. The van der Waals surface area contributed by atoms with E-state index in [4.69, 9.17) is 10.5 Å². The van der Waals surface area contributed by atoms with Crippen molar-refractivity contribution in [3.63, 3.8) is 0 Å². The van der Waals surface area contributed by atoms with Crippen LogP contribution in [-0.2, 0) is 9.53 Å². The zero-order chi connectivity index (χ0) is 9.78. The van der Waals surface area contributed by atoms with Gasteiger partial charge < -0.3 is 10.5 Å². The van der Waals surface area contributed by atoms with E-state index in [1.165, 1.54) is 0 Å². The average Bonchev–Trinajstić information content (AvgIpc) is 2.00. The predicted octanol–water partition coefficient (Wildman–Crippen LogP) is 1.17. The molecule has 0 aliphatic carbocycles. The van der Waals surface area contributed by atoms with E-state index >= 15 is 0 Å². The Bertz CT molecular complexity index is 153. The first-order chi connectivity index (χ1) is 5.40. The minimum Gasteiger partial charge on any atom is -0.465 e. The van der Waals surface area contributed by atoms with Gasteiger partial charge in [-0.25, -0.2) is 0 Å². The Kier molecular flexibility index (Phi) is 4.24. The number of ether oxygens (including phenoxy) is 1. The fourth-order valence-corrected chi connectivity index (χ4v) is 0.521. The lowest BCUT2D eigenvalue weighted by atomic mass is 9.94. The second-order valence-electron chi connectivity index (χ2n) is 4.08. The monoisotopic (exact) mass is 173 g/mol. The highest BCUT2D eigenvalue weighted by Gasteiger charge is 2.27. The highest BCUT2D eigenvalue weighted by atomic mass is 16.5. The van der Waals surface area contributed by atoms with Crippen molar-refractivity contribution in [2.45, 2.75) is 27.7 Å². The summed E-state index contributed by atoms with van der Waals surface area (Å²) in [6.07, 6.45) is 0. The molecule has 0 aliphatic heterocycles. The maximum absolute atomic E-state index is 11.3. The van der Waals surface area contributed by atoms with Gasteiger partial charge in [-0.1, -0.05) is 13.8 Å². The summed E-state index contributed by atoms with van der Waals surface area (Å²) in [6.45, 7) is 8.38. The molecular weight excluding hydrogens is 154 g/mol. The third-order valence-electron chi connectivity index (χ3n) is 1.61. The van der Waals surface area contributed by atoms with Crippen LogP contribution in [0.3, 0.4) is 0 Å². The second-order valence-corrected chi connectivity index (χ2v) is 4.08. The molecule has 0 spiro atoms. The van der Waals surface area contributed by atoms with Gasteiger partial charge in [0, 0.05) is 6.54 Å². The van der Waals surface area contributed by atoms with Crippen molar-refractivity contribution < 1.29 is 9.53 Å². The molecule has 0 fully saturated rings. The first kappa shape index (κ1) is 11.4. The van der Waals surface area contributed by atoms with Crippen LogP contribution < -0.4 is 5.73 Å². The molecule has 0 aromatic rings. The highest BCUT2D eigenvalue weighted by Crippen LogP contribution is 2.15. The van der Waals surface area contributed by atoms with Crippen molar-refractivity contribution in [1.82, 2.24) is 0 Å². The Labute approximate surface area is 74.3 Å². The molecule has 0 saturated heterocycles. The van der Waals surface area contributed by atoms with Gasteiger partial charge in [-0.3, -0.25) is 4.79 Å². The van der Waals surface area contributed by atoms with Crippen molar-refractivity contribution in [2.24, 2.45) is 17.1 Å². The molecule has 0 bridgehead atoms. The van der Waals surface area contributed by atoms with Gasteiger partial charge in [-0.05, 0) is 19.8 Å². The SMILES string of the molecule is CC(C)COC(=O)C(C)(C)CN. The molecule has 0 saturated carbocycles. The van der Waals surface area contributed by atoms with E-state index in [0.717, 1.165) is 0 Å². The van der Waals surface area contributed by atoms with Gasteiger partial charge >= 0.3 is 5.97 Å². The van der Waals surface area contributed by atoms with E-state index < -0.39 is 5.41 Å². The highest BCUT2D eigenvalue weighted by molar-refractivity contribution is 5.76. The fourth-order valence-electron chi connectivity index (χ4n) is 0.521. The lowest BCUT2D eigenvalue weighted by Crippen LogP contribution is -2.34. The van der Waals surface area contributed by atoms with Gasteiger partial charge in [0.1, 0.15) is 0 Å². The Balaban J connectivity index is 3.88. The van der Waals surface area contributed by atoms with Gasteiger partial charge in [-0.15, -0.1) is 0 Å². The average molecular weight is 173 g/mol. The van der Waals surface area contributed by atoms with Crippen LogP contribution in [0.5, 0.6) is 0 Å². The van der Waals surface area contributed by atoms with Crippen LogP contribution in [0.2, 0.25) is 0 Å². The van der Waals surface area contributed by atoms with Crippen LogP contribution >= 0.6 is 0 Å². The zero-order valence-electron chi connectivity index (χ0n) is 8.39. The van der Waals surface area contributed by atoms with E-state index in [0.29, 0.717) is 19.1 Å². The number of carbonyl (C=O) groups is 1. The van der Waals surface area contributed by atoms with E-state index in [1.54, 1.807) is 13.8 Å². The van der Waals surface area contributed by atoms with Crippen LogP contribution in [0.25, 0.3) is 0 Å². The summed E-state index contributed by atoms with van der Waals surface area (Å²) in [6, 6.07) is 0. The van der Waals surface area contributed by atoms with Crippen molar-refractivity contribution >= 4 is 5.97 Å². The van der Waals surface area contributed by atoms with Crippen LogP contribution in [0, 0.1) is 11.3 Å². The summed E-state index contributed by atoms with van der Waals surface area (Å²) in [7, 11) is 0. The third kappa shape index (κ3) is 3.72. The first-order valence-electron chi connectivity index (χ1n) is 4.27. The Hall–Kier alpha value is -0.570. The van der Waals surface area contributed by atoms with Gasteiger partial charge in [-0.2, -0.15) is 0 Å². The maximum Gasteiger partial charge on any atom is 0.312 e. The number of rotatable bonds is 4. The summed E-state index contributed by atoms with van der Waals surface area (Å²) in [5.74, 6) is 0.168. The van der Waals surface area contributed by atoms with Gasteiger partial charge in [0.15, 0.2) is 0 Å². The molecule has 0 rings (SSSR count). The molecule has 0 heterocycles. The van der Waals surface area contributed by atoms with E-state index in [1.807, 2.05) is 13.8 Å². The molecule has 72 valence electrons. The number of nitrogens with two attached hydrogens (primary N) is 1. The Morgan fingerprint density at radius 2 is 2.00 bits per heavy atom. The molecule has 0 radical (unpaired) electrons. The summed E-state index contributed by atoms with van der Waals surface area (Å²) in [5, 5.41) is 0. The van der Waals surface area contributed by atoms with E-state index in [-0.39, 0.29) is 5.97 Å². The fraction of sp³-hybridized carbons (Fsp3) is 0.889. The Morgan fingerprint density at radius 3 is 2.33 bits per heavy atom. The number of esters is 1. The van der Waals surface area contributed by atoms with Crippen molar-refractivity contribution in [2.75, 3.05) is 13.2 Å². The van der Waals surface area contributed by atoms with E-state index in [2.05, 4.69) is 0 Å². The van der Waals surface area contributed by atoms with Crippen molar-refractivity contribution in [3.05, 3.63) is 0 Å². The molecular formula is C9H19NO2. The zero-order valence-corrected chi connectivity index (χ0v) is 8.39. The largest absolute Gasteiger partial charge is 0.465 e. The van der Waals surface area contributed by atoms with E-state index in [9.17, 15) is 4.79 Å². The molecule has 12 heavy (non-hydrogen) atoms. The number of carbonyl (C=O) groups excluding carboxylic acids is 1. The predicted molar refractivity (Wildman–Crippen MR) is 48.6 cm³/mol. The van der Waals surface area contributed by atoms with Crippen molar-refractivity contribution in [1.29, 1.82) is 0 Å². The molecule has 3 heteroatoms. The topological polar surface area (TPSA) is 52.3 Å². The molecule has 0 aromatic heterocycles. The molecule has 3 nitrogen and oxygen atoms in total. The summed E-state index contributed by atoms with van der Waals surface area (Å²) in [4.78, 5) is 11.3. The molecule has 0 aliphatic rings. The minimum atomic E-state index is -0.547. The smallest absolute Gasteiger partial charge is 0.312 e. The van der Waals surface area contributed by atoms with Crippen LogP contribution in [-0.4, -0.2) is 19.1 Å². The van der Waals surface area contributed by atoms with Gasteiger partial charge in [0.25, 0.3) is 0 Å². The molecule has 0 aromatic carbocycles. The Morgan fingerprint density at radius 1 is 1.50 bits per heavy atom. The van der Waals surface area contributed by atoms with Crippen LogP contribution in [0.15, 0.2) is 0 Å². The second kappa shape index (κ2) is 4.45. The lowest BCUT2D eigenvalue weighted by Gasteiger charge is -2.20. The normalized spacial score (nSPS) is 11.8. The van der Waals surface area contributed by atoms with Gasteiger partial charge in [0.05, 0.1) is 12.0 Å². The summed E-state index contributed by atoms with van der Waals surface area (Å²) in [5.41, 5.74) is 4.87. The number of hydrogen-bond donors (Lipinski definition) is 1. The molecule has 0 amide bonds. The molecule has 2 N–H and O–H groups in total. The van der Waals surface area contributed by atoms with Gasteiger partial charge in [0.2, 0.25) is 0 Å². The number of hydrogen-bond acceptors (Lipinski definition) is 3. The van der Waals surface area contributed by atoms with Crippen molar-refractivity contribution in [3.8, 4) is 0 Å². The third-order valence-corrected chi connectivity index (χ3v) is 1.61. The summed E-state index contributed by atoms with van der Waals surface area (Å²) < 4.78 is 5.04. The quantitative estimate of drug-likeness (QED) is 0.649. The maximum atomic E-state index is 11.3. The summed E-state index contributed by atoms with van der Waals surface area (Å²) >= 11 is 0. The van der Waals surface area contributed by atoms with Crippen LogP contribution in [0.1, 0.15) is 27.7 Å².